The van der Waals surface area contributed by atoms with Crippen LogP contribution in [0.15, 0.2) is 50.6 Å². The first kappa shape index (κ1) is 15.9. The van der Waals surface area contributed by atoms with Gasteiger partial charge in [-0.2, -0.15) is 0 Å². The van der Waals surface area contributed by atoms with Crippen LogP contribution in [0.1, 0.15) is 5.76 Å². The number of hydrogen-bond acceptors (Lipinski definition) is 6. The average Bonchev–Trinajstić information content (AvgIpc) is 3.06. The molecule has 1 aliphatic rings. The highest BCUT2D eigenvalue weighted by molar-refractivity contribution is 8.26. The highest BCUT2D eigenvalue weighted by Gasteiger charge is 2.22. The van der Waals surface area contributed by atoms with E-state index in [2.05, 4.69) is 5.32 Å². The van der Waals surface area contributed by atoms with Crippen molar-refractivity contribution in [1.82, 2.24) is 5.32 Å². The van der Waals surface area contributed by atoms with E-state index in [-0.39, 0.29) is 10.8 Å². The van der Waals surface area contributed by atoms with Gasteiger partial charge in [0.1, 0.15) is 15.8 Å². The highest BCUT2D eigenvalue weighted by Crippen LogP contribution is 2.29. The lowest BCUT2D eigenvalue weighted by atomic mass is 10.2. The summed E-state index contributed by atoms with van der Waals surface area (Å²) in [6, 6.07) is 9.46. The van der Waals surface area contributed by atoms with Crippen LogP contribution in [0.2, 0.25) is 0 Å². The maximum absolute atomic E-state index is 11.6. The first-order chi connectivity index (χ1) is 10.8. The van der Waals surface area contributed by atoms with Crippen LogP contribution >= 0.6 is 24.0 Å². The molecule has 0 radical (unpaired) electrons. The van der Waals surface area contributed by atoms with Crippen LogP contribution in [0.3, 0.4) is 0 Å². The second-order valence-corrected chi connectivity index (χ2v) is 7.90. The van der Waals surface area contributed by atoms with E-state index in [4.69, 9.17) is 21.8 Å². The summed E-state index contributed by atoms with van der Waals surface area (Å²) in [5.74, 6) is 0.789. The van der Waals surface area contributed by atoms with Crippen molar-refractivity contribution in [2.75, 3.05) is 0 Å². The summed E-state index contributed by atoms with van der Waals surface area (Å²) in [6.07, 6.45) is 1.60. The number of benzene rings is 1. The lowest BCUT2D eigenvalue weighted by molar-refractivity contribution is -0.115. The Morgan fingerprint density at radius 3 is 2.43 bits per heavy atom. The summed E-state index contributed by atoms with van der Waals surface area (Å²) >= 11 is 6.08. The Hall–Kier alpha value is -1.94. The van der Waals surface area contributed by atoms with Gasteiger partial charge in [0.2, 0.25) is 10.0 Å². The zero-order valence-corrected chi connectivity index (χ0v) is 13.9. The van der Waals surface area contributed by atoms with Crippen molar-refractivity contribution in [2.24, 2.45) is 5.14 Å². The maximum atomic E-state index is 11.6. The van der Waals surface area contributed by atoms with E-state index < -0.39 is 10.0 Å². The van der Waals surface area contributed by atoms with Crippen molar-refractivity contribution in [3.8, 4) is 11.3 Å². The fourth-order valence-electron chi connectivity index (χ4n) is 1.94. The molecular formula is C14H10N2O4S3. The number of carbonyl (C=O) groups is 1. The number of furan rings is 1. The van der Waals surface area contributed by atoms with Gasteiger partial charge in [0.15, 0.2) is 0 Å². The summed E-state index contributed by atoms with van der Waals surface area (Å²) in [5.41, 5.74) is 0.695. The maximum Gasteiger partial charge on any atom is 0.263 e. The molecule has 118 valence electrons. The van der Waals surface area contributed by atoms with Crippen LogP contribution in [0.5, 0.6) is 0 Å². The number of nitrogens with one attached hydrogen (secondary N) is 1. The van der Waals surface area contributed by atoms with Gasteiger partial charge < -0.3 is 9.73 Å². The zero-order valence-electron chi connectivity index (χ0n) is 11.5. The molecule has 0 unspecified atom stereocenters. The van der Waals surface area contributed by atoms with E-state index in [1.807, 2.05) is 0 Å². The Balaban J connectivity index is 1.86. The van der Waals surface area contributed by atoms with Crippen molar-refractivity contribution in [1.29, 1.82) is 0 Å². The third-order valence-corrected chi connectivity index (χ3v) is 5.10. The van der Waals surface area contributed by atoms with Crippen LogP contribution in [0, 0.1) is 0 Å². The van der Waals surface area contributed by atoms with Crippen LogP contribution in [0.4, 0.5) is 0 Å². The number of thiocarbonyl (C=S) groups is 1. The van der Waals surface area contributed by atoms with Gasteiger partial charge in [0, 0.05) is 11.6 Å². The minimum absolute atomic E-state index is 0.0303. The second kappa shape index (κ2) is 5.93. The van der Waals surface area contributed by atoms with E-state index in [0.29, 0.717) is 26.3 Å². The molecule has 0 aliphatic carbocycles. The molecule has 3 rings (SSSR count). The zero-order chi connectivity index (χ0) is 16.6. The van der Waals surface area contributed by atoms with Crippen molar-refractivity contribution in [3.05, 3.63) is 47.1 Å². The molecule has 1 aliphatic heterocycles. The Bertz CT molecular complexity index is 927. The summed E-state index contributed by atoms with van der Waals surface area (Å²) in [6.45, 7) is 0. The smallest absolute Gasteiger partial charge is 0.263 e. The molecule has 9 heteroatoms. The quantitative estimate of drug-likeness (QED) is 0.637. The number of amides is 1. The van der Waals surface area contributed by atoms with Crippen LogP contribution in [-0.4, -0.2) is 18.6 Å². The van der Waals surface area contributed by atoms with E-state index in [9.17, 15) is 13.2 Å². The fraction of sp³-hybridized carbons (Fsp3) is 0. The van der Waals surface area contributed by atoms with Gasteiger partial charge in [-0.3, -0.25) is 4.79 Å². The Morgan fingerprint density at radius 1 is 1.17 bits per heavy atom. The fourth-order valence-corrected chi connectivity index (χ4v) is 3.48. The van der Waals surface area contributed by atoms with E-state index in [1.165, 1.54) is 23.9 Å². The third-order valence-electron chi connectivity index (χ3n) is 3.01. The molecular weight excluding hydrogens is 356 g/mol. The molecule has 3 N–H and O–H groups in total. The van der Waals surface area contributed by atoms with Gasteiger partial charge in [-0.1, -0.05) is 24.0 Å². The topological polar surface area (TPSA) is 102 Å². The molecule has 0 bridgehead atoms. The van der Waals surface area contributed by atoms with Gasteiger partial charge in [0.25, 0.3) is 5.91 Å². The molecule has 1 fully saturated rings. The first-order valence-electron chi connectivity index (χ1n) is 6.31. The standard InChI is InChI=1S/C14H10N2O4S3/c15-23(18,19)10-4-1-8(2-5-10)11-6-3-9(20-11)7-12-13(17)16-14(21)22-12/h1-7H,(H2,15,18,19)(H,16,17,21)/b12-7-. The molecule has 0 atom stereocenters. The minimum Gasteiger partial charge on any atom is -0.457 e. The molecule has 1 saturated heterocycles. The minimum atomic E-state index is -3.72. The lowest BCUT2D eigenvalue weighted by Gasteiger charge is -2.00. The molecule has 6 nitrogen and oxygen atoms in total. The van der Waals surface area contributed by atoms with Crippen molar-refractivity contribution >= 4 is 50.3 Å². The number of thioether (sulfide) groups is 1. The number of sulfonamides is 1. The SMILES string of the molecule is NS(=O)(=O)c1ccc(-c2ccc(/C=C3\SC(=S)NC3=O)o2)cc1. The number of hydrogen-bond donors (Lipinski definition) is 2. The van der Waals surface area contributed by atoms with Gasteiger partial charge in [-0.25, -0.2) is 13.6 Å². The first-order valence-corrected chi connectivity index (χ1v) is 9.08. The molecule has 23 heavy (non-hydrogen) atoms. The highest BCUT2D eigenvalue weighted by atomic mass is 32.2. The number of rotatable bonds is 3. The monoisotopic (exact) mass is 366 g/mol. The number of carbonyl (C=O) groups excluding carboxylic acids is 1. The van der Waals surface area contributed by atoms with Crippen LogP contribution in [0.25, 0.3) is 17.4 Å². The van der Waals surface area contributed by atoms with Crippen molar-refractivity contribution in [3.63, 3.8) is 0 Å². The summed E-state index contributed by atoms with van der Waals surface area (Å²) < 4.78 is 28.5. The van der Waals surface area contributed by atoms with Crippen molar-refractivity contribution < 1.29 is 17.6 Å². The summed E-state index contributed by atoms with van der Waals surface area (Å²) in [5, 5.41) is 7.58. The normalized spacial score (nSPS) is 16.8. The number of nitrogens with two attached hydrogens (primary N) is 1. The van der Waals surface area contributed by atoms with Gasteiger partial charge >= 0.3 is 0 Å². The predicted molar refractivity (Wildman–Crippen MR) is 91.8 cm³/mol. The van der Waals surface area contributed by atoms with E-state index in [0.717, 1.165) is 0 Å². The number of primary sulfonamides is 1. The third kappa shape index (κ3) is 3.53. The van der Waals surface area contributed by atoms with Crippen LogP contribution in [-0.2, 0) is 14.8 Å². The predicted octanol–water partition coefficient (Wildman–Crippen LogP) is 2.08. The molecule has 2 heterocycles. The Morgan fingerprint density at radius 2 is 1.87 bits per heavy atom. The van der Waals surface area contributed by atoms with Crippen LogP contribution < -0.4 is 10.5 Å². The summed E-state index contributed by atoms with van der Waals surface area (Å²) in [4.78, 5) is 12.1. The molecule has 0 saturated carbocycles. The lowest BCUT2D eigenvalue weighted by Crippen LogP contribution is -2.17. The molecule has 0 spiro atoms. The average molecular weight is 366 g/mol. The van der Waals surface area contributed by atoms with Gasteiger partial charge in [0.05, 0.1) is 9.80 Å². The van der Waals surface area contributed by atoms with Crippen molar-refractivity contribution in [2.45, 2.75) is 4.90 Å². The second-order valence-electron chi connectivity index (χ2n) is 4.62. The van der Waals surface area contributed by atoms with Gasteiger partial charge in [-0.05, 0) is 36.4 Å². The molecule has 1 aromatic heterocycles. The van der Waals surface area contributed by atoms with Gasteiger partial charge in [-0.15, -0.1) is 0 Å². The molecule has 2 aromatic rings. The van der Waals surface area contributed by atoms with E-state index in [1.54, 1.807) is 30.3 Å². The Labute approximate surface area is 141 Å². The van der Waals surface area contributed by atoms with E-state index >= 15 is 0 Å². The summed E-state index contributed by atoms with van der Waals surface area (Å²) in [7, 11) is -3.72. The largest absolute Gasteiger partial charge is 0.457 e. The molecule has 1 amide bonds. The Kier molecular flexibility index (Phi) is 4.11. The molecule has 1 aromatic carbocycles.